The van der Waals surface area contributed by atoms with Gasteiger partial charge < -0.3 is 10.0 Å². The summed E-state index contributed by atoms with van der Waals surface area (Å²) in [5.41, 5.74) is 1.16. The normalized spacial score (nSPS) is 16.8. The van der Waals surface area contributed by atoms with Crippen LogP contribution in [0.15, 0.2) is 46.9 Å². The van der Waals surface area contributed by atoms with Crippen molar-refractivity contribution in [1.82, 2.24) is 0 Å². The quantitative estimate of drug-likeness (QED) is 0.762. The molecule has 1 unspecified atom stereocenters. The van der Waals surface area contributed by atoms with Crippen LogP contribution in [0.3, 0.4) is 0 Å². The Hall–Kier alpha value is -2.02. The predicted octanol–water partition coefficient (Wildman–Crippen LogP) is 5.05. The average molecular weight is 414 g/mol. The molecule has 132 valence electrons. The Morgan fingerprint density at radius 3 is 2.64 bits per heavy atom. The van der Waals surface area contributed by atoms with Crippen LogP contribution in [0.5, 0.6) is 0 Å². The Balaban J connectivity index is 1.94. The molecule has 7 heteroatoms. The van der Waals surface area contributed by atoms with Crippen LogP contribution < -0.4 is 4.90 Å². The third-order valence-corrected chi connectivity index (χ3v) is 4.81. The molecule has 1 heterocycles. The zero-order valence-corrected chi connectivity index (χ0v) is 14.6. The molecule has 0 amide bonds. The first-order valence-corrected chi connectivity index (χ1v) is 8.46. The highest BCUT2D eigenvalue weighted by molar-refractivity contribution is 9.10. The minimum atomic E-state index is -4.42. The fraction of sp³-hybridized carbons (Fsp3) is 0.278. The van der Waals surface area contributed by atoms with Crippen molar-refractivity contribution in [1.29, 1.82) is 0 Å². The van der Waals surface area contributed by atoms with E-state index in [1.807, 2.05) is 23.1 Å². The maximum absolute atomic E-state index is 13.2. The zero-order chi connectivity index (χ0) is 18.2. The molecule has 1 N–H and O–H groups in total. The summed E-state index contributed by atoms with van der Waals surface area (Å²) in [6.45, 7) is 0.463. The van der Waals surface area contributed by atoms with Gasteiger partial charge in [-0.2, -0.15) is 13.2 Å². The molecular weight excluding hydrogens is 399 g/mol. The number of hydrogen-bond donors (Lipinski definition) is 1. The first-order chi connectivity index (χ1) is 11.8. The summed E-state index contributed by atoms with van der Waals surface area (Å²) in [6.07, 6.45) is -4.47. The molecule has 0 saturated carbocycles. The number of hydrogen-bond acceptors (Lipinski definition) is 2. The predicted molar refractivity (Wildman–Crippen MR) is 91.6 cm³/mol. The number of nitrogens with zero attached hydrogens (tertiary/aromatic N) is 1. The summed E-state index contributed by atoms with van der Waals surface area (Å²) in [6, 6.07) is 11.0. The van der Waals surface area contributed by atoms with Crippen molar-refractivity contribution in [3.8, 4) is 0 Å². The van der Waals surface area contributed by atoms with Gasteiger partial charge in [0.05, 0.1) is 12.0 Å². The van der Waals surface area contributed by atoms with E-state index in [4.69, 9.17) is 5.11 Å². The molecular formula is C18H15BrF3NO2. The Morgan fingerprint density at radius 1 is 1.24 bits per heavy atom. The van der Waals surface area contributed by atoms with Crippen molar-refractivity contribution in [2.75, 3.05) is 11.4 Å². The van der Waals surface area contributed by atoms with Crippen LogP contribution in [-0.4, -0.2) is 17.6 Å². The molecule has 3 rings (SSSR count). The van der Waals surface area contributed by atoms with Crippen molar-refractivity contribution in [2.24, 2.45) is 0 Å². The van der Waals surface area contributed by atoms with E-state index in [-0.39, 0.29) is 24.4 Å². The van der Waals surface area contributed by atoms with E-state index in [1.54, 1.807) is 6.07 Å². The van der Waals surface area contributed by atoms with E-state index >= 15 is 0 Å². The molecule has 0 aliphatic carbocycles. The van der Waals surface area contributed by atoms with Gasteiger partial charge in [0.1, 0.15) is 0 Å². The van der Waals surface area contributed by atoms with Gasteiger partial charge in [-0.3, -0.25) is 4.79 Å². The number of carboxylic acid groups (broad SMARTS) is 1. The summed E-state index contributed by atoms with van der Waals surface area (Å²) in [5.74, 6) is -1.17. The van der Waals surface area contributed by atoms with Crippen LogP contribution in [0.25, 0.3) is 0 Å². The van der Waals surface area contributed by atoms with Crippen molar-refractivity contribution in [3.63, 3.8) is 0 Å². The van der Waals surface area contributed by atoms with Gasteiger partial charge in [-0.15, -0.1) is 0 Å². The number of carbonyl (C=O) groups is 1. The molecule has 2 aromatic carbocycles. The van der Waals surface area contributed by atoms with E-state index in [2.05, 4.69) is 15.9 Å². The number of fused-ring (bicyclic) bond motifs is 1. The largest absolute Gasteiger partial charge is 0.481 e. The van der Waals surface area contributed by atoms with Gasteiger partial charge >= 0.3 is 12.1 Å². The summed E-state index contributed by atoms with van der Waals surface area (Å²) in [7, 11) is 0. The zero-order valence-electron chi connectivity index (χ0n) is 13.1. The number of anilines is 1. The number of carboxylic acids is 1. The van der Waals surface area contributed by atoms with Crippen molar-refractivity contribution in [3.05, 3.63) is 63.6 Å². The molecule has 25 heavy (non-hydrogen) atoms. The van der Waals surface area contributed by atoms with Gasteiger partial charge in [0, 0.05) is 29.2 Å². The summed E-state index contributed by atoms with van der Waals surface area (Å²) in [5, 5.41) is 9.12. The lowest BCUT2D eigenvalue weighted by Crippen LogP contribution is -2.24. The molecule has 0 spiro atoms. The highest BCUT2D eigenvalue weighted by Gasteiger charge is 2.35. The maximum Gasteiger partial charge on any atom is 0.416 e. The second kappa shape index (κ2) is 6.71. The number of aliphatic carboxylic acids is 1. The molecule has 2 aromatic rings. The first kappa shape index (κ1) is 17.8. The first-order valence-electron chi connectivity index (χ1n) is 7.67. The minimum absolute atomic E-state index is 0.0547. The van der Waals surface area contributed by atoms with E-state index < -0.39 is 17.7 Å². The van der Waals surface area contributed by atoms with Gasteiger partial charge in [-0.05, 0) is 35.4 Å². The van der Waals surface area contributed by atoms with Crippen LogP contribution in [-0.2, 0) is 17.5 Å². The van der Waals surface area contributed by atoms with Gasteiger partial charge in [-0.25, -0.2) is 0 Å². The van der Waals surface area contributed by atoms with E-state index in [1.165, 1.54) is 12.1 Å². The molecule has 0 bridgehead atoms. The highest BCUT2D eigenvalue weighted by Crippen LogP contribution is 2.41. The van der Waals surface area contributed by atoms with E-state index in [0.717, 1.165) is 21.8 Å². The Kier molecular flexibility index (Phi) is 4.77. The van der Waals surface area contributed by atoms with Crippen molar-refractivity contribution in [2.45, 2.75) is 25.1 Å². The van der Waals surface area contributed by atoms with Crippen LogP contribution in [0, 0.1) is 0 Å². The monoisotopic (exact) mass is 413 g/mol. The Bertz CT molecular complexity index is 807. The molecule has 0 radical (unpaired) electrons. The van der Waals surface area contributed by atoms with Gasteiger partial charge in [-0.1, -0.05) is 34.1 Å². The molecule has 1 atom stereocenters. The van der Waals surface area contributed by atoms with E-state index in [9.17, 15) is 18.0 Å². The third kappa shape index (κ3) is 3.81. The second-order valence-corrected chi connectivity index (χ2v) is 6.95. The average Bonchev–Trinajstić information content (AvgIpc) is 2.83. The van der Waals surface area contributed by atoms with Crippen LogP contribution in [0.4, 0.5) is 18.9 Å². The fourth-order valence-electron chi connectivity index (χ4n) is 3.28. The topological polar surface area (TPSA) is 40.5 Å². The number of alkyl halides is 3. The maximum atomic E-state index is 13.2. The molecule has 0 fully saturated rings. The molecule has 1 aliphatic rings. The Labute approximate surface area is 151 Å². The van der Waals surface area contributed by atoms with E-state index in [0.29, 0.717) is 6.54 Å². The summed E-state index contributed by atoms with van der Waals surface area (Å²) in [4.78, 5) is 12.9. The molecule has 3 nitrogen and oxygen atoms in total. The SMILES string of the molecule is O=C(O)CC1CN(Cc2ccccc2C(F)(F)F)c2ccc(Br)cc21. The standard InChI is InChI=1S/C18H15BrF3NO2/c19-13-5-6-16-14(8-13)12(7-17(24)25)10-23(16)9-11-3-1-2-4-15(11)18(20,21)22/h1-6,8,12H,7,9-10H2,(H,24,25). The van der Waals surface area contributed by atoms with Gasteiger partial charge in [0.2, 0.25) is 0 Å². The number of rotatable bonds is 4. The smallest absolute Gasteiger partial charge is 0.416 e. The van der Waals surface area contributed by atoms with Gasteiger partial charge in [0.25, 0.3) is 0 Å². The van der Waals surface area contributed by atoms with Crippen LogP contribution >= 0.6 is 15.9 Å². The van der Waals surface area contributed by atoms with Crippen LogP contribution in [0.2, 0.25) is 0 Å². The number of halogens is 4. The third-order valence-electron chi connectivity index (χ3n) is 4.32. The fourth-order valence-corrected chi connectivity index (χ4v) is 3.66. The minimum Gasteiger partial charge on any atom is -0.481 e. The lowest BCUT2D eigenvalue weighted by atomic mass is 9.98. The van der Waals surface area contributed by atoms with Crippen LogP contribution in [0.1, 0.15) is 29.0 Å². The number of benzene rings is 2. The van der Waals surface area contributed by atoms with Crippen molar-refractivity contribution < 1.29 is 23.1 Å². The Morgan fingerprint density at radius 2 is 1.96 bits per heavy atom. The molecule has 1 aliphatic heterocycles. The van der Waals surface area contributed by atoms with Crippen molar-refractivity contribution >= 4 is 27.6 Å². The lowest BCUT2D eigenvalue weighted by Gasteiger charge is -2.22. The highest BCUT2D eigenvalue weighted by atomic mass is 79.9. The summed E-state index contributed by atoms with van der Waals surface area (Å²) < 4.78 is 40.5. The van der Waals surface area contributed by atoms with Gasteiger partial charge in [0.15, 0.2) is 0 Å². The lowest BCUT2D eigenvalue weighted by molar-refractivity contribution is -0.138. The molecule has 0 saturated heterocycles. The molecule has 0 aromatic heterocycles. The second-order valence-electron chi connectivity index (χ2n) is 6.03. The summed E-state index contributed by atoms with van der Waals surface area (Å²) >= 11 is 3.37.